The summed E-state index contributed by atoms with van der Waals surface area (Å²) in [6, 6.07) is 11.3. The molecule has 2 atom stereocenters. The minimum atomic E-state index is -3.56. The van der Waals surface area contributed by atoms with Gasteiger partial charge in [0, 0.05) is 25.0 Å². The lowest BCUT2D eigenvalue weighted by molar-refractivity contribution is -0.0114. The maximum absolute atomic E-state index is 12.9. The van der Waals surface area contributed by atoms with Crippen LogP contribution in [0.15, 0.2) is 53.6 Å². The lowest BCUT2D eigenvalue weighted by atomic mass is 10.2. The molecule has 2 amide bonds. The smallest absolute Gasteiger partial charge is 0.319 e. The van der Waals surface area contributed by atoms with Crippen molar-refractivity contribution in [3.63, 3.8) is 0 Å². The summed E-state index contributed by atoms with van der Waals surface area (Å²) in [5.41, 5.74) is 1.26. The number of hydrogen-bond donors (Lipinski definition) is 2. The number of pyridine rings is 1. The van der Waals surface area contributed by atoms with Crippen LogP contribution in [-0.2, 0) is 21.3 Å². The fraction of sp³-hybridized carbons (Fsp3) is 0.368. The first-order chi connectivity index (χ1) is 13.5. The van der Waals surface area contributed by atoms with Crippen molar-refractivity contribution in [3.05, 3.63) is 54.4 Å². The Bertz CT molecular complexity index is 922. The molecule has 4 rings (SSSR count). The molecular weight excluding hydrogens is 380 g/mol. The summed E-state index contributed by atoms with van der Waals surface area (Å²) in [7, 11) is -3.56. The highest BCUT2D eigenvalue weighted by molar-refractivity contribution is 7.89. The van der Waals surface area contributed by atoms with Gasteiger partial charge in [0.2, 0.25) is 10.0 Å². The van der Waals surface area contributed by atoms with Crippen LogP contribution < -0.4 is 10.6 Å². The van der Waals surface area contributed by atoms with E-state index < -0.39 is 10.0 Å². The molecule has 148 valence electrons. The van der Waals surface area contributed by atoms with E-state index in [2.05, 4.69) is 15.6 Å². The van der Waals surface area contributed by atoms with Crippen molar-refractivity contribution in [2.75, 3.05) is 18.4 Å². The van der Waals surface area contributed by atoms with Crippen LogP contribution in [0, 0.1) is 0 Å². The van der Waals surface area contributed by atoms with Crippen LogP contribution in [0.3, 0.4) is 0 Å². The van der Waals surface area contributed by atoms with Gasteiger partial charge in [0.1, 0.15) is 0 Å². The predicted molar refractivity (Wildman–Crippen MR) is 103 cm³/mol. The molecule has 28 heavy (non-hydrogen) atoms. The summed E-state index contributed by atoms with van der Waals surface area (Å²) in [4.78, 5) is 16.4. The molecule has 1 aromatic heterocycles. The number of rotatable bonds is 5. The predicted octanol–water partition coefficient (Wildman–Crippen LogP) is 1.96. The molecule has 8 nitrogen and oxygen atoms in total. The Labute approximate surface area is 164 Å². The number of hydrogen-bond acceptors (Lipinski definition) is 5. The van der Waals surface area contributed by atoms with Crippen LogP contribution in [0.5, 0.6) is 0 Å². The van der Waals surface area contributed by atoms with Crippen molar-refractivity contribution in [2.45, 2.75) is 36.5 Å². The Kier molecular flexibility index (Phi) is 5.29. The number of fused-ring (bicyclic) bond motifs is 2. The lowest BCUT2D eigenvalue weighted by Gasteiger charge is -2.31. The van der Waals surface area contributed by atoms with E-state index in [4.69, 9.17) is 4.74 Å². The Morgan fingerprint density at radius 3 is 2.46 bits per heavy atom. The third kappa shape index (κ3) is 4.16. The van der Waals surface area contributed by atoms with Crippen molar-refractivity contribution in [1.29, 1.82) is 0 Å². The third-order valence-corrected chi connectivity index (χ3v) is 6.76. The van der Waals surface area contributed by atoms with Gasteiger partial charge in [-0.3, -0.25) is 4.98 Å². The monoisotopic (exact) mass is 402 g/mol. The van der Waals surface area contributed by atoms with Crippen molar-refractivity contribution in [2.24, 2.45) is 0 Å². The van der Waals surface area contributed by atoms with Gasteiger partial charge in [-0.05, 0) is 49.2 Å². The number of morpholine rings is 1. The SMILES string of the molecule is O=C(NCc1ccccn1)Nc1ccc(S(=O)(=O)N2CC3CCC(C2)O3)cc1. The molecule has 2 aromatic rings. The highest BCUT2D eigenvalue weighted by Crippen LogP contribution is 2.30. The van der Waals surface area contributed by atoms with E-state index in [1.807, 2.05) is 12.1 Å². The number of amides is 2. The Morgan fingerprint density at radius 1 is 1.11 bits per heavy atom. The number of anilines is 1. The molecule has 2 saturated heterocycles. The van der Waals surface area contributed by atoms with Crippen LogP contribution in [-0.4, -0.2) is 49.0 Å². The van der Waals surface area contributed by atoms with Crippen LogP contribution in [0.4, 0.5) is 10.5 Å². The van der Waals surface area contributed by atoms with Crippen molar-refractivity contribution < 1.29 is 17.9 Å². The maximum Gasteiger partial charge on any atom is 0.319 e. The van der Waals surface area contributed by atoms with Gasteiger partial charge in [0.15, 0.2) is 0 Å². The first kappa shape index (κ1) is 18.9. The zero-order valence-corrected chi connectivity index (χ0v) is 16.1. The third-order valence-electron chi connectivity index (χ3n) is 4.92. The normalized spacial score (nSPS) is 22.0. The van der Waals surface area contributed by atoms with Gasteiger partial charge in [-0.1, -0.05) is 6.07 Å². The topological polar surface area (TPSA) is 101 Å². The van der Waals surface area contributed by atoms with Crippen molar-refractivity contribution in [1.82, 2.24) is 14.6 Å². The van der Waals surface area contributed by atoms with Crippen LogP contribution in [0.2, 0.25) is 0 Å². The zero-order chi connectivity index (χ0) is 19.6. The Hall–Kier alpha value is -2.49. The van der Waals surface area contributed by atoms with Crippen molar-refractivity contribution in [3.8, 4) is 0 Å². The van der Waals surface area contributed by atoms with E-state index in [0.29, 0.717) is 25.3 Å². The first-order valence-electron chi connectivity index (χ1n) is 9.21. The van der Waals surface area contributed by atoms with Gasteiger partial charge in [0.25, 0.3) is 0 Å². The van der Waals surface area contributed by atoms with Crippen molar-refractivity contribution >= 4 is 21.7 Å². The lowest BCUT2D eigenvalue weighted by Crippen LogP contribution is -2.45. The fourth-order valence-electron chi connectivity index (χ4n) is 3.48. The number of urea groups is 1. The highest BCUT2D eigenvalue weighted by Gasteiger charge is 2.39. The average molecular weight is 402 g/mol. The summed E-state index contributed by atoms with van der Waals surface area (Å²) in [6.45, 7) is 1.10. The van der Waals surface area contributed by atoms with E-state index in [1.54, 1.807) is 24.4 Å². The zero-order valence-electron chi connectivity index (χ0n) is 15.2. The Morgan fingerprint density at radius 2 is 1.82 bits per heavy atom. The maximum atomic E-state index is 12.9. The second-order valence-corrected chi connectivity index (χ2v) is 8.87. The molecule has 0 aliphatic carbocycles. The average Bonchev–Trinajstić information content (AvgIpc) is 3.05. The first-order valence-corrected chi connectivity index (χ1v) is 10.7. The second-order valence-electron chi connectivity index (χ2n) is 6.93. The van der Waals surface area contributed by atoms with Crippen LogP contribution >= 0.6 is 0 Å². The van der Waals surface area contributed by atoms with E-state index in [0.717, 1.165) is 18.5 Å². The molecular formula is C19H22N4O4S. The highest BCUT2D eigenvalue weighted by atomic mass is 32.2. The number of ether oxygens (including phenoxy) is 1. The molecule has 2 fully saturated rings. The number of aromatic nitrogens is 1. The fourth-order valence-corrected chi connectivity index (χ4v) is 4.99. The molecule has 2 unspecified atom stereocenters. The molecule has 1 aromatic carbocycles. The van der Waals surface area contributed by atoms with E-state index >= 15 is 0 Å². The molecule has 2 N–H and O–H groups in total. The number of sulfonamides is 1. The molecule has 0 radical (unpaired) electrons. The van der Waals surface area contributed by atoms with Crippen LogP contribution in [0.25, 0.3) is 0 Å². The molecule has 2 bridgehead atoms. The minimum Gasteiger partial charge on any atom is -0.372 e. The number of benzene rings is 1. The standard InChI is InChI=1S/C19H22N4O4S/c24-19(21-11-15-3-1-2-10-20-15)22-14-4-8-18(9-5-14)28(25,26)23-12-16-6-7-17(13-23)27-16/h1-5,8-10,16-17H,6-7,11-13H2,(H2,21,22,24). The molecule has 2 aliphatic heterocycles. The molecule has 2 aliphatic rings. The van der Waals surface area contributed by atoms with E-state index in [-0.39, 0.29) is 23.1 Å². The number of nitrogens with zero attached hydrogens (tertiary/aromatic N) is 2. The van der Waals surface area contributed by atoms with E-state index in [1.165, 1.54) is 16.4 Å². The van der Waals surface area contributed by atoms with Gasteiger partial charge in [-0.25, -0.2) is 13.2 Å². The summed E-state index contributed by atoms with van der Waals surface area (Å²) in [6.07, 6.45) is 3.48. The summed E-state index contributed by atoms with van der Waals surface area (Å²) < 4.78 is 32.9. The van der Waals surface area contributed by atoms with Gasteiger partial charge in [-0.2, -0.15) is 4.31 Å². The van der Waals surface area contributed by atoms with E-state index in [9.17, 15) is 13.2 Å². The van der Waals surface area contributed by atoms with Gasteiger partial charge in [0.05, 0.1) is 29.3 Å². The van der Waals surface area contributed by atoms with Gasteiger partial charge >= 0.3 is 6.03 Å². The number of nitrogens with one attached hydrogen (secondary N) is 2. The summed E-state index contributed by atoms with van der Waals surface area (Å²) in [5, 5.41) is 5.40. The molecule has 0 spiro atoms. The second kappa shape index (κ2) is 7.86. The molecule has 0 saturated carbocycles. The largest absolute Gasteiger partial charge is 0.372 e. The van der Waals surface area contributed by atoms with Gasteiger partial charge in [-0.15, -0.1) is 0 Å². The minimum absolute atomic E-state index is 0.00253. The Balaban J connectivity index is 1.36. The van der Waals surface area contributed by atoms with Gasteiger partial charge < -0.3 is 15.4 Å². The molecule has 9 heteroatoms. The van der Waals surface area contributed by atoms with Crippen LogP contribution in [0.1, 0.15) is 18.5 Å². The molecule has 3 heterocycles. The number of carbonyl (C=O) groups is 1. The number of carbonyl (C=O) groups excluding carboxylic acids is 1. The summed E-state index contributed by atoms with van der Waals surface area (Å²) in [5.74, 6) is 0. The summed E-state index contributed by atoms with van der Waals surface area (Å²) >= 11 is 0. The quantitative estimate of drug-likeness (QED) is 0.796.